The summed E-state index contributed by atoms with van der Waals surface area (Å²) in [4.78, 5) is 4.44. The molecule has 0 unspecified atom stereocenters. The minimum absolute atomic E-state index is 0.587. The van der Waals surface area contributed by atoms with Crippen molar-refractivity contribution >= 4 is 0 Å². The molecule has 0 saturated heterocycles. The summed E-state index contributed by atoms with van der Waals surface area (Å²) in [6.07, 6.45) is 0.741. The SMILES string of the molecule is Cc1ccccc1-c1nc(C)c(CCN)o1. The van der Waals surface area contributed by atoms with Gasteiger partial charge in [-0.05, 0) is 32.0 Å². The van der Waals surface area contributed by atoms with Crippen LogP contribution in [-0.4, -0.2) is 11.5 Å². The molecular formula is C13H16N2O. The highest BCUT2D eigenvalue weighted by molar-refractivity contribution is 5.58. The lowest BCUT2D eigenvalue weighted by atomic mass is 10.1. The monoisotopic (exact) mass is 216 g/mol. The van der Waals surface area contributed by atoms with Crippen LogP contribution < -0.4 is 5.73 Å². The molecule has 3 nitrogen and oxygen atoms in total. The third-order valence-electron chi connectivity index (χ3n) is 2.64. The number of nitrogens with two attached hydrogens (primary N) is 1. The molecule has 0 saturated carbocycles. The van der Waals surface area contributed by atoms with E-state index < -0.39 is 0 Å². The lowest BCUT2D eigenvalue weighted by Gasteiger charge is -1.99. The summed E-state index contributed by atoms with van der Waals surface area (Å²) in [7, 11) is 0. The average Bonchev–Trinajstić information content (AvgIpc) is 2.61. The Hall–Kier alpha value is -1.61. The highest BCUT2D eigenvalue weighted by atomic mass is 16.4. The van der Waals surface area contributed by atoms with Gasteiger partial charge < -0.3 is 10.2 Å². The van der Waals surface area contributed by atoms with Crippen LogP contribution in [0, 0.1) is 13.8 Å². The molecule has 2 N–H and O–H groups in total. The minimum Gasteiger partial charge on any atom is -0.441 e. The van der Waals surface area contributed by atoms with E-state index in [1.54, 1.807) is 0 Å². The Labute approximate surface area is 95.3 Å². The van der Waals surface area contributed by atoms with Gasteiger partial charge in [-0.25, -0.2) is 4.98 Å². The highest BCUT2D eigenvalue weighted by Crippen LogP contribution is 2.24. The molecule has 2 aromatic rings. The van der Waals surface area contributed by atoms with E-state index in [9.17, 15) is 0 Å². The van der Waals surface area contributed by atoms with Crippen LogP contribution in [-0.2, 0) is 6.42 Å². The number of hydrogen-bond acceptors (Lipinski definition) is 3. The van der Waals surface area contributed by atoms with E-state index >= 15 is 0 Å². The summed E-state index contributed by atoms with van der Waals surface area (Å²) in [5.41, 5.74) is 8.67. The van der Waals surface area contributed by atoms with Crippen LogP contribution in [0.25, 0.3) is 11.5 Å². The van der Waals surface area contributed by atoms with Gasteiger partial charge in [0.05, 0.1) is 5.69 Å². The predicted molar refractivity (Wildman–Crippen MR) is 64.2 cm³/mol. The summed E-state index contributed by atoms with van der Waals surface area (Å²) in [6.45, 7) is 4.59. The maximum atomic E-state index is 5.73. The van der Waals surface area contributed by atoms with Crippen molar-refractivity contribution < 1.29 is 4.42 Å². The van der Waals surface area contributed by atoms with E-state index in [1.807, 2.05) is 25.1 Å². The molecule has 16 heavy (non-hydrogen) atoms. The zero-order chi connectivity index (χ0) is 11.5. The molecule has 3 heteroatoms. The summed E-state index contributed by atoms with van der Waals surface area (Å²) >= 11 is 0. The van der Waals surface area contributed by atoms with Crippen molar-refractivity contribution in [3.63, 3.8) is 0 Å². The second kappa shape index (κ2) is 4.49. The van der Waals surface area contributed by atoms with E-state index in [4.69, 9.17) is 10.2 Å². The Morgan fingerprint density at radius 2 is 2.00 bits per heavy atom. The van der Waals surface area contributed by atoms with Crippen molar-refractivity contribution in [2.24, 2.45) is 5.73 Å². The van der Waals surface area contributed by atoms with Crippen molar-refractivity contribution in [1.82, 2.24) is 4.98 Å². The first-order valence-corrected chi connectivity index (χ1v) is 5.44. The van der Waals surface area contributed by atoms with E-state index in [0.717, 1.165) is 23.4 Å². The normalized spacial score (nSPS) is 10.7. The van der Waals surface area contributed by atoms with Crippen molar-refractivity contribution in [3.8, 4) is 11.5 Å². The van der Waals surface area contributed by atoms with E-state index in [-0.39, 0.29) is 0 Å². The fraction of sp³-hybridized carbons (Fsp3) is 0.308. The smallest absolute Gasteiger partial charge is 0.226 e. The molecule has 1 aromatic heterocycles. The van der Waals surface area contributed by atoms with Crippen molar-refractivity contribution in [1.29, 1.82) is 0 Å². The second-order valence-electron chi connectivity index (χ2n) is 3.88. The molecule has 0 aliphatic carbocycles. The number of nitrogens with zero attached hydrogens (tertiary/aromatic N) is 1. The Balaban J connectivity index is 2.42. The van der Waals surface area contributed by atoms with E-state index in [1.165, 1.54) is 5.56 Å². The number of rotatable bonds is 3. The molecule has 0 bridgehead atoms. The molecule has 2 rings (SSSR count). The third kappa shape index (κ3) is 1.99. The van der Waals surface area contributed by atoms with Crippen LogP contribution in [0.3, 0.4) is 0 Å². The number of aryl methyl sites for hydroxylation is 2. The van der Waals surface area contributed by atoms with Gasteiger partial charge in [0.25, 0.3) is 0 Å². The van der Waals surface area contributed by atoms with Crippen LogP contribution in [0.2, 0.25) is 0 Å². The predicted octanol–water partition coefficient (Wildman–Crippen LogP) is 2.46. The van der Waals surface area contributed by atoms with Crippen LogP contribution in [0.5, 0.6) is 0 Å². The Kier molecular flexibility index (Phi) is 3.06. The fourth-order valence-corrected chi connectivity index (χ4v) is 1.72. The summed E-state index contributed by atoms with van der Waals surface area (Å²) in [5.74, 6) is 1.58. The van der Waals surface area contributed by atoms with Gasteiger partial charge >= 0.3 is 0 Å². The molecule has 1 heterocycles. The first kappa shape index (κ1) is 10.9. The molecule has 84 valence electrons. The van der Waals surface area contributed by atoms with E-state index in [2.05, 4.69) is 18.0 Å². The minimum atomic E-state index is 0.587. The molecule has 0 amide bonds. The van der Waals surface area contributed by atoms with Crippen LogP contribution >= 0.6 is 0 Å². The molecular weight excluding hydrogens is 200 g/mol. The number of benzene rings is 1. The Morgan fingerprint density at radius 1 is 1.25 bits per heavy atom. The zero-order valence-electron chi connectivity index (χ0n) is 9.66. The number of oxazole rings is 1. The molecule has 0 spiro atoms. The zero-order valence-corrected chi connectivity index (χ0v) is 9.66. The quantitative estimate of drug-likeness (QED) is 0.857. The summed E-state index contributed by atoms with van der Waals surface area (Å²) < 4.78 is 5.73. The molecule has 0 aliphatic heterocycles. The second-order valence-corrected chi connectivity index (χ2v) is 3.88. The molecule has 0 radical (unpaired) electrons. The van der Waals surface area contributed by atoms with Gasteiger partial charge in [0.1, 0.15) is 5.76 Å². The molecule has 1 aromatic carbocycles. The average molecular weight is 216 g/mol. The maximum absolute atomic E-state index is 5.73. The first-order chi connectivity index (χ1) is 7.72. The topological polar surface area (TPSA) is 52.0 Å². The van der Waals surface area contributed by atoms with Gasteiger partial charge in [-0.2, -0.15) is 0 Å². The largest absolute Gasteiger partial charge is 0.441 e. The molecule has 0 atom stereocenters. The van der Waals surface area contributed by atoms with Gasteiger partial charge in [-0.1, -0.05) is 18.2 Å². The highest BCUT2D eigenvalue weighted by Gasteiger charge is 2.11. The molecule has 0 fully saturated rings. The summed E-state index contributed by atoms with van der Waals surface area (Å²) in [6, 6.07) is 8.07. The van der Waals surface area contributed by atoms with Crippen LogP contribution in [0.1, 0.15) is 17.0 Å². The van der Waals surface area contributed by atoms with Gasteiger partial charge in [-0.15, -0.1) is 0 Å². The maximum Gasteiger partial charge on any atom is 0.226 e. The lowest BCUT2D eigenvalue weighted by molar-refractivity contribution is 0.517. The third-order valence-corrected chi connectivity index (χ3v) is 2.64. The standard InChI is InChI=1S/C13H16N2O/c1-9-5-3-4-6-11(9)13-15-10(2)12(16-13)7-8-14/h3-6H,7-8,14H2,1-2H3. The van der Waals surface area contributed by atoms with Crippen molar-refractivity contribution in [2.75, 3.05) is 6.54 Å². The van der Waals surface area contributed by atoms with Gasteiger partial charge in [-0.3, -0.25) is 0 Å². The number of hydrogen-bond donors (Lipinski definition) is 1. The lowest BCUT2D eigenvalue weighted by Crippen LogP contribution is -2.02. The first-order valence-electron chi connectivity index (χ1n) is 5.44. The fourth-order valence-electron chi connectivity index (χ4n) is 1.72. The van der Waals surface area contributed by atoms with E-state index in [0.29, 0.717) is 12.4 Å². The summed E-state index contributed by atoms with van der Waals surface area (Å²) in [5, 5.41) is 0. The Bertz CT molecular complexity index is 488. The van der Waals surface area contributed by atoms with Gasteiger partial charge in [0.2, 0.25) is 5.89 Å². The molecule has 0 aliphatic rings. The van der Waals surface area contributed by atoms with Crippen molar-refractivity contribution in [2.45, 2.75) is 20.3 Å². The Morgan fingerprint density at radius 3 is 2.69 bits per heavy atom. The van der Waals surface area contributed by atoms with Gasteiger partial charge in [0.15, 0.2) is 0 Å². The van der Waals surface area contributed by atoms with Crippen LogP contribution in [0.15, 0.2) is 28.7 Å². The van der Waals surface area contributed by atoms with Gasteiger partial charge in [0, 0.05) is 12.0 Å². The van der Waals surface area contributed by atoms with Crippen molar-refractivity contribution in [3.05, 3.63) is 41.3 Å². The number of aromatic nitrogens is 1. The van der Waals surface area contributed by atoms with Crippen LogP contribution in [0.4, 0.5) is 0 Å².